The summed E-state index contributed by atoms with van der Waals surface area (Å²) in [6, 6.07) is 9.68. The highest BCUT2D eigenvalue weighted by atomic mass is 35.5. The van der Waals surface area contributed by atoms with Crippen molar-refractivity contribution in [2.45, 2.75) is 13.1 Å². The molecule has 0 radical (unpaired) electrons. The first-order chi connectivity index (χ1) is 16.7. The molecule has 2 aromatic carbocycles. The lowest BCUT2D eigenvalue weighted by Gasteiger charge is -2.34. The van der Waals surface area contributed by atoms with Crippen molar-refractivity contribution in [2.24, 2.45) is 0 Å². The van der Waals surface area contributed by atoms with Crippen molar-refractivity contribution >= 4 is 38.5 Å². The molecule has 0 saturated carbocycles. The van der Waals surface area contributed by atoms with Gasteiger partial charge in [0.15, 0.2) is 5.75 Å². The third-order valence-corrected chi connectivity index (χ3v) is 7.38. The summed E-state index contributed by atoms with van der Waals surface area (Å²) < 4.78 is 28.7. The highest BCUT2D eigenvalue weighted by Crippen LogP contribution is 2.41. The fraction of sp³-hybridized carbons (Fsp3) is 0.375. The Bertz CT molecular complexity index is 1400. The number of nitrogens with zero attached hydrogens (tertiary/aromatic N) is 2. The van der Waals surface area contributed by atoms with Crippen molar-refractivity contribution in [1.82, 2.24) is 20.1 Å². The highest BCUT2D eigenvalue weighted by molar-refractivity contribution is 7.86. The molecule has 11 heteroatoms. The second kappa shape index (κ2) is 9.44. The number of nitrogens with one attached hydrogen (secondary N) is 2. The average molecular weight is 519 g/mol. The fourth-order valence-electron chi connectivity index (χ4n) is 4.80. The van der Waals surface area contributed by atoms with E-state index in [4.69, 9.17) is 20.9 Å². The van der Waals surface area contributed by atoms with E-state index in [0.717, 1.165) is 56.4 Å². The molecule has 3 heterocycles. The van der Waals surface area contributed by atoms with Crippen LogP contribution in [0.1, 0.15) is 21.5 Å². The van der Waals surface area contributed by atoms with Crippen molar-refractivity contribution < 1.29 is 22.5 Å². The van der Waals surface area contributed by atoms with Crippen LogP contribution >= 0.6 is 11.6 Å². The maximum absolute atomic E-state index is 12.6. The van der Waals surface area contributed by atoms with Crippen LogP contribution in [0, 0.1) is 0 Å². The molecule has 0 atom stereocenters. The number of carbonyl (C=O) groups is 1. The molecule has 9 nitrogen and oxygen atoms in total. The molecular formula is C24H27ClN4O5S. The van der Waals surface area contributed by atoms with Crippen LogP contribution in [-0.2, 0) is 23.2 Å². The van der Waals surface area contributed by atoms with Crippen LogP contribution < -0.4 is 9.50 Å². The van der Waals surface area contributed by atoms with Crippen LogP contribution in [0.4, 0.5) is 0 Å². The number of fused-ring (bicyclic) bond motifs is 2. The molecule has 0 aliphatic carbocycles. The molecule has 0 spiro atoms. The number of piperazine rings is 1. The number of amides is 1. The quantitative estimate of drug-likeness (QED) is 0.411. The summed E-state index contributed by atoms with van der Waals surface area (Å²) in [5.41, 5.74) is 4.24. The van der Waals surface area contributed by atoms with E-state index >= 15 is 0 Å². The van der Waals surface area contributed by atoms with Crippen LogP contribution in [0.25, 0.3) is 22.2 Å². The lowest BCUT2D eigenvalue weighted by atomic mass is 9.99. The predicted octanol–water partition coefficient (Wildman–Crippen LogP) is 2.18. The molecule has 3 aromatic rings. The molecule has 2 aliphatic heterocycles. The number of rotatable bonds is 7. The predicted molar refractivity (Wildman–Crippen MR) is 134 cm³/mol. The van der Waals surface area contributed by atoms with Gasteiger partial charge in [-0.25, -0.2) is 0 Å². The van der Waals surface area contributed by atoms with Gasteiger partial charge in [0.05, 0.1) is 23.4 Å². The standard InChI is InChI=1S/C24H27ClN4O5S/c1-35(32,33)34-21-12-17(22-18(23(21)25)13-26-24(22)31)20-11-16-10-15(2-3-19(16)27-20)14-29-6-4-28(5-7-29)8-9-30/h2-3,10-12,27,30H,4-9,13-14H2,1H3,(H,26,31). The van der Waals surface area contributed by atoms with Crippen LogP contribution in [0.5, 0.6) is 5.75 Å². The van der Waals surface area contributed by atoms with Crippen LogP contribution in [0.15, 0.2) is 30.3 Å². The number of benzene rings is 2. The van der Waals surface area contributed by atoms with Gasteiger partial charge >= 0.3 is 10.1 Å². The number of carbonyl (C=O) groups excluding carboxylic acids is 1. The lowest BCUT2D eigenvalue weighted by Crippen LogP contribution is -2.46. The third kappa shape index (κ3) is 5.03. The first-order valence-corrected chi connectivity index (χ1v) is 13.6. The van der Waals surface area contributed by atoms with E-state index < -0.39 is 10.1 Å². The second-order valence-corrected chi connectivity index (χ2v) is 11.0. The second-order valence-electron chi connectivity index (χ2n) is 9.01. The maximum atomic E-state index is 12.6. The van der Waals surface area contributed by atoms with Gasteiger partial charge in [-0.3, -0.25) is 14.6 Å². The normalized spacial score (nSPS) is 17.1. The molecule has 2 aliphatic rings. The van der Waals surface area contributed by atoms with Crippen LogP contribution in [0.3, 0.4) is 0 Å². The molecule has 0 unspecified atom stereocenters. The summed E-state index contributed by atoms with van der Waals surface area (Å²) in [4.78, 5) is 20.6. The number of hydrogen-bond acceptors (Lipinski definition) is 7. The Morgan fingerprint density at radius 3 is 2.57 bits per heavy atom. The minimum absolute atomic E-state index is 0.000831. The summed E-state index contributed by atoms with van der Waals surface area (Å²) in [7, 11) is -3.80. The van der Waals surface area contributed by atoms with Gasteiger partial charge in [0, 0.05) is 73.5 Å². The average Bonchev–Trinajstić information content (AvgIpc) is 3.40. The Labute approximate surface area is 208 Å². The Morgan fingerprint density at radius 1 is 1.11 bits per heavy atom. The van der Waals surface area contributed by atoms with Crippen LogP contribution in [0.2, 0.25) is 5.02 Å². The van der Waals surface area contributed by atoms with E-state index in [0.29, 0.717) is 22.4 Å². The Hall–Kier alpha value is -2.63. The van der Waals surface area contributed by atoms with Gasteiger partial charge in [0.25, 0.3) is 5.91 Å². The topological polar surface area (TPSA) is 115 Å². The molecule has 1 saturated heterocycles. The minimum Gasteiger partial charge on any atom is -0.395 e. The number of hydrogen-bond donors (Lipinski definition) is 3. The number of aliphatic hydroxyl groups is 1. The van der Waals surface area contributed by atoms with Crippen molar-refractivity contribution in [2.75, 3.05) is 45.6 Å². The molecular weight excluding hydrogens is 492 g/mol. The van der Waals surface area contributed by atoms with Gasteiger partial charge in [-0.2, -0.15) is 8.42 Å². The zero-order valence-electron chi connectivity index (χ0n) is 19.3. The Kier molecular flexibility index (Phi) is 6.49. The van der Waals surface area contributed by atoms with Gasteiger partial charge in [0.1, 0.15) is 0 Å². The summed E-state index contributed by atoms with van der Waals surface area (Å²) in [5, 5.41) is 13.0. The maximum Gasteiger partial charge on any atom is 0.306 e. The summed E-state index contributed by atoms with van der Waals surface area (Å²) in [5.74, 6) is -0.262. The minimum atomic E-state index is -3.80. The molecule has 186 valence electrons. The monoisotopic (exact) mass is 518 g/mol. The summed E-state index contributed by atoms with van der Waals surface area (Å²) in [6.07, 6.45) is 0.955. The van der Waals surface area contributed by atoms with E-state index in [2.05, 4.69) is 32.2 Å². The van der Waals surface area contributed by atoms with Gasteiger partial charge in [-0.05, 0) is 29.8 Å². The largest absolute Gasteiger partial charge is 0.395 e. The molecule has 1 fully saturated rings. The summed E-state index contributed by atoms with van der Waals surface area (Å²) in [6.45, 7) is 5.72. The van der Waals surface area contributed by atoms with E-state index in [-0.39, 0.29) is 29.8 Å². The molecule has 1 aromatic heterocycles. The van der Waals surface area contributed by atoms with Crippen molar-refractivity contribution in [3.05, 3.63) is 52.0 Å². The van der Waals surface area contributed by atoms with Gasteiger partial charge in [-0.1, -0.05) is 17.7 Å². The van der Waals surface area contributed by atoms with Crippen molar-refractivity contribution in [1.29, 1.82) is 0 Å². The number of β-amino-alcohol motifs (C(OH)–C–C–N with tert-alkyl or cyclic N) is 1. The Balaban J connectivity index is 1.45. The number of aliphatic hydroxyl groups excluding tert-OH is 1. The molecule has 3 N–H and O–H groups in total. The number of aromatic amines is 1. The number of aromatic nitrogens is 1. The van der Waals surface area contributed by atoms with Crippen LogP contribution in [-0.4, -0.2) is 79.8 Å². The third-order valence-electron chi connectivity index (χ3n) is 6.48. The first-order valence-electron chi connectivity index (χ1n) is 11.4. The van der Waals surface area contributed by atoms with Crippen molar-refractivity contribution in [3.8, 4) is 17.0 Å². The van der Waals surface area contributed by atoms with E-state index in [1.807, 2.05) is 12.1 Å². The summed E-state index contributed by atoms with van der Waals surface area (Å²) >= 11 is 6.39. The molecule has 35 heavy (non-hydrogen) atoms. The first kappa shape index (κ1) is 24.1. The van der Waals surface area contributed by atoms with Gasteiger partial charge in [0.2, 0.25) is 0 Å². The number of H-pyrrole nitrogens is 1. The smallest absolute Gasteiger partial charge is 0.306 e. The molecule has 5 rings (SSSR count). The fourth-order valence-corrected chi connectivity index (χ4v) is 5.56. The van der Waals surface area contributed by atoms with E-state index in [1.54, 1.807) is 0 Å². The highest BCUT2D eigenvalue weighted by Gasteiger charge is 2.30. The number of halogens is 1. The zero-order valence-corrected chi connectivity index (χ0v) is 20.9. The molecule has 0 bridgehead atoms. The van der Waals surface area contributed by atoms with Gasteiger partial charge < -0.3 is 19.6 Å². The zero-order chi connectivity index (χ0) is 24.7. The molecule has 1 amide bonds. The van der Waals surface area contributed by atoms with Crippen molar-refractivity contribution in [3.63, 3.8) is 0 Å². The van der Waals surface area contributed by atoms with E-state index in [1.165, 1.54) is 11.6 Å². The van der Waals surface area contributed by atoms with Gasteiger partial charge in [-0.15, -0.1) is 0 Å². The lowest BCUT2D eigenvalue weighted by molar-refractivity contribution is 0.0966. The SMILES string of the molecule is CS(=O)(=O)Oc1cc(-c2cc3cc(CN4CCN(CCO)CC4)ccc3[nH]2)c2c(c1Cl)CNC2=O. The van der Waals surface area contributed by atoms with E-state index in [9.17, 15) is 13.2 Å². The Morgan fingerprint density at radius 2 is 1.86 bits per heavy atom.